The molecule has 11 rings (SSSR count). The van der Waals surface area contributed by atoms with Gasteiger partial charge in [0, 0.05) is 71.5 Å². The Balaban J connectivity index is 1.15. The molecule has 0 aliphatic heterocycles. The zero-order valence-corrected chi connectivity index (χ0v) is 28.3. The number of fused-ring (bicyclic) bond motifs is 10. The summed E-state index contributed by atoms with van der Waals surface area (Å²) in [5.74, 6) is 0. The first kappa shape index (κ1) is 28.4. The van der Waals surface area contributed by atoms with E-state index in [1.807, 2.05) is 23.7 Å². The lowest BCUT2D eigenvalue weighted by molar-refractivity contribution is 1.19. The second-order valence-electron chi connectivity index (χ2n) is 13.3. The highest BCUT2D eigenvalue weighted by Crippen LogP contribution is 2.43. The Bertz CT molecular complexity index is 3120. The summed E-state index contributed by atoms with van der Waals surface area (Å²) in [6.45, 7) is 0. The molecule has 0 unspecified atom stereocenters. The van der Waals surface area contributed by atoms with E-state index in [0.717, 1.165) is 33.5 Å². The van der Waals surface area contributed by atoms with Crippen molar-refractivity contribution in [2.45, 2.75) is 0 Å². The Morgan fingerprint density at radius 3 is 1.76 bits per heavy atom. The molecule has 0 saturated carbocycles. The Labute approximate surface area is 297 Å². The van der Waals surface area contributed by atoms with Crippen LogP contribution in [0.2, 0.25) is 0 Å². The van der Waals surface area contributed by atoms with Crippen LogP contribution in [0.25, 0.3) is 80.0 Å². The van der Waals surface area contributed by atoms with Gasteiger partial charge in [-0.2, -0.15) is 0 Å². The van der Waals surface area contributed by atoms with Gasteiger partial charge in [0.15, 0.2) is 0 Å². The van der Waals surface area contributed by atoms with Gasteiger partial charge in [0.05, 0.1) is 11.0 Å². The first-order valence-electron chi connectivity index (χ1n) is 17.3. The molecule has 0 fully saturated rings. The predicted octanol–water partition coefficient (Wildman–Crippen LogP) is 13.5. The van der Waals surface area contributed by atoms with Crippen molar-refractivity contribution in [1.29, 1.82) is 0 Å². The van der Waals surface area contributed by atoms with Crippen LogP contribution >= 0.6 is 11.3 Å². The molecule has 3 heterocycles. The van der Waals surface area contributed by atoms with Crippen molar-refractivity contribution in [2.75, 3.05) is 4.90 Å². The van der Waals surface area contributed by atoms with E-state index in [1.54, 1.807) is 0 Å². The number of anilines is 3. The number of thiophene rings is 1. The van der Waals surface area contributed by atoms with Gasteiger partial charge in [-0.15, -0.1) is 11.3 Å². The second kappa shape index (κ2) is 11.0. The second-order valence-corrected chi connectivity index (χ2v) is 14.4. The van der Waals surface area contributed by atoms with Crippen molar-refractivity contribution in [3.8, 4) is 5.69 Å². The topological polar surface area (TPSA) is 21.1 Å². The minimum atomic E-state index is 1.11. The highest BCUT2D eigenvalue weighted by atomic mass is 32.1. The van der Waals surface area contributed by atoms with Crippen LogP contribution in [0.5, 0.6) is 0 Å². The number of rotatable bonds is 4. The van der Waals surface area contributed by atoms with Gasteiger partial charge in [0.2, 0.25) is 0 Å². The molecule has 4 heteroatoms. The maximum absolute atomic E-state index is 4.37. The molecule has 0 aliphatic rings. The summed E-state index contributed by atoms with van der Waals surface area (Å²) in [5, 5.41) is 12.3. The van der Waals surface area contributed by atoms with Crippen LogP contribution in [0.1, 0.15) is 0 Å². The van der Waals surface area contributed by atoms with Crippen molar-refractivity contribution < 1.29 is 0 Å². The van der Waals surface area contributed by atoms with Crippen molar-refractivity contribution in [2.24, 2.45) is 0 Å². The number of para-hydroxylation sites is 2. The lowest BCUT2D eigenvalue weighted by atomic mass is 10.00. The van der Waals surface area contributed by atoms with E-state index in [1.165, 1.54) is 63.5 Å². The van der Waals surface area contributed by atoms with E-state index in [9.17, 15) is 0 Å². The molecule has 8 aromatic carbocycles. The van der Waals surface area contributed by atoms with Crippen LogP contribution in [0.4, 0.5) is 17.1 Å². The number of hydrogen-bond acceptors (Lipinski definition) is 3. The van der Waals surface area contributed by atoms with Gasteiger partial charge in [-0.1, -0.05) is 84.9 Å². The summed E-state index contributed by atoms with van der Waals surface area (Å²) in [4.78, 5) is 6.77. The van der Waals surface area contributed by atoms with Crippen molar-refractivity contribution in [1.82, 2.24) is 9.55 Å². The molecule has 0 amide bonds. The Kier molecular flexibility index (Phi) is 6.12. The minimum Gasteiger partial charge on any atom is -0.310 e. The number of hydrogen-bond donors (Lipinski definition) is 0. The molecule has 51 heavy (non-hydrogen) atoms. The predicted molar refractivity (Wildman–Crippen MR) is 219 cm³/mol. The number of pyridine rings is 1. The molecule has 0 bridgehead atoms. The molecule has 11 aromatic rings. The highest BCUT2D eigenvalue weighted by Gasteiger charge is 2.18. The minimum absolute atomic E-state index is 1.11. The number of benzene rings is 8. The van der Waals surface area contributed by atoms with E-state index in [0.29, 0.717) is 0 Å². The Hall–Kier alpha value is -6.49. The third-order valence-electron chi connectivity index (χ3n) is 10.4. The maximum Gasteiger partial charge on any atom is 0.0541 e. The molecule has 0 aliphatic carbocycles. The average molecular weight is 668 g/mol. The van der Waals surface area contributed by atoms with Crippen LogP contribution in [-0.2, 0) is 0 Å². The van der Waals surface area contributed by atoms with Gasteiger partial charge >= 0.3 is 0 Å². The SMILES string of the molecule is c1ccc2c(c1)sc1ccc(N(c3ccc4cnccc4c3)c3ccc4ccc5ccc(-n6c7ccccc7c7ccccc76)cc5c4c3)cc12. The standard InChI is InChI=1S/C47H29N3S/c1-4-10-44-38(7-1)39-8-2-5-11-45(39)50(44)37-19-16-31-14-13-30-15-18-35(26-41(30)42(31)27-37)49(34-20-17-33-29-48-24-23-32(33)25-34)36-21-22-47-43(28-36)40-9-3-6-12-46(40)51-47/h1-29H. The maximum atomic E-state index is 4.37. The summed E-state index contributed by atoms with van der Waals surface area (Å²) in [6, 6.07) is 60.1. The van der Waals surface area contributed by atoms with E-state index >= 15 is 0 Å². The van der Waals surface area contributed by atoms with Gasteiger partial charge in [0.25, 0.3) is 0 Å². The average Bonchev–Trinajstić information content (AvgIpc) is 3.73. The first-order chi connectivity index (χ1) is 25.3. The quantitative estimate of drug-likeness (QED) is 0.174. The molecule has 3 aromatic heterocycles. The van der Waals surface area contributed by atoms with E-state index in [2.05, 4.69) is 178 Å². The molecule has 0 N–H and O–H groups in total. The molecule has 0 saturated heterocycles. The van der Waals surface area contributed by atoms with Gasteiger partial charge in [0.1, 0.15) is 0 Å². The molecule has 0 spiro atoms. The smallest absolute Gasteiger partial charge is 0.0541 e. The molecule has 0 radical (unpaired) electrons. The monoisotopic (exact) mass is 667 g/mol. The van der Waals surface area contributed by atoms with Crippen LogP contribution < -0.4 is 4.90 Å². The zero-order chi connectivity index (χ0) is 33.5. The van der Waals surface area contributed by atoms with Crippen LogP contribution in [0.3, 0.4) is 0 Å². The van der Waals surface area contributed by atoms with E-state index in [-0.39, 0.29) is 0 Å². The van der Waals surface area contributed by atoms with Gasteiger partial charge in [-0.05, 0) is 106 Å². The Morgan fingerprint density at radius 2 is 0.980 bits per heavy atom. The molecule has 238 valence electrons. The van der Waals surface area contributed by atoms with Gasteiger partial charge < -0.3 is 9.47 Å². The summed E-state index contributed by atoms with van der Waals surface area (Å²) >= 11 is 1.85. The molecule has 0 atom stereocenters. The van der Waals surface area contributed by atoms with Gasteiger partial charge in [-0.3, -0.25) is 4.98 Å². The lowest BCUT2D eigenvalue weighted by Gasteiger charge is -2.26. The van der Waals surface area contributed by atoms with E-state index in [4.69, 9.17) is 0 Å². The lowest BCUT2D eigenvalue weighted by Crippen LogP contribution is -2.10. The number of aromatic nitrogens is 2. The fourth-order valence-electron chi connectivity index (χ4n) is 8.01. The molecule has 3 nitrogen and oxygen atoms in total. The van der Waals surface area contributed by atoms with Gasteiger partial charge in [-0.25, -0.2) is 0 Å². The van der Waals surface area contributed by atoms with E-state index < -0.39 is 0 Å². The zero-order valence-electron chi connectivity index (χ0n) is 27.5. The fraction of sp³-hybridized carbons (Fsp3) is 0. The van der Waals surface area contributed by atoms with Crippen LogP contribution in [-0.4, -0.2) is 9.55 Å². The first-order valence-corrected chi connectivity index (χ1v) is 18.1. The molecular formula is C47H29N3S. The molecular weight excluding hydrogens is 639 g/mol. The van der Waals surface area contributed by atoms with Crippen LogP contribution in [0.15, 0.2) is 176 Å². The highest BCUT2D eigenvalue weighted by molar-refractivity contribution is 7.25. The van der Waals surface area contributed by atoms with Crippen molar-refractivity contribution in [3.05, 3.63) is 176 Å². The van der Waals surface area contributed by atoms with Crippen LogP contribution in [0, 0.1) is 0 Å². The largest absolute Gasteiger partial charge is 0.310 e. The van der Waals surface area contributed by atoms with Crippen molar-refractivity contribution in [3.63, 3.8) is 0 Å². The van der Waals surface area contributed by atoms with Crippen molar-refractivity contribution >= 4 is 103 Å². The third kappa shape index (κ3) is 4.40. The third-order valence-corrected chi connectivity index (χ3v) is 11.6. The Morgan fingerprint density at radius 1 is 0.412 bits per heavy atom. The summed E-state index contributed by atoms with van der Waals surface area (Å²) in [5.41, 5.74) is 6.95. The number of nitrogens with zero attached hydrogens (tertiary/aromatic N) is 3. The normalized spacial score (nSPS) is 11.9. The summed E-state index contributed by atoms with van der Waals surface area (Å²) in [6.07, 6.45) is 3.81. The summed E-state index contributed by atoms with van der Waals surface area (Å²) in [7, 11) is 0. The summed E-state index contributed by atoms with van der Waals surface area (Å²) < 4.78 is 5.01. The fourth-order valence-corrected chi connectivity index (χ4v) is 9.10.